The van der Waals surface area contributed by atoms with Crippen LogP contribution in [0.5, 0.6) is 0 Å². The number of aryl methyl sites for hydroxylation is 1. The highest BCUT2D eigenvalue weighted by molar-refractivity contribution is 9.18. The lowest BCUT2D eigenvalue weighted by Crippen LogP contribution is -2.32. The van der Waals surface area contributed by atoms with Gasteiger partial charge in [-0.1, -0.05) is 30.0 Å². The van der Waals surface area contributed by atoms with E-state index in [1.165, 1.54) is 0 Å². The third kappa shape index (κ3) is 8.05. The second-order valence-corrected chi connectivity index (χ2v) is 7.89. The van der Waals surface area contributed by atoms with Gasteiger partial charge in [0.2, 0.25) is 0 Å². The number of amides is 1. The fourth-order valence-corrected chi connectivity index (χ4v) is 3.54. The van der Waals surface area contributed by atoms with Gasteiger partial charge >= 0.3 is 0 Å². The molecule has 2 rings (SSSR count). The molecule has 0 saturated carbocycles. The third-order valence-corrected chi connectivity index (χ3v) is 5.19. The van der Waals surface area contributed by atoms with E-state index >= 15 is 0 Å². The molecule has 0 saturated heterocycles. The van der Waals surface area contributed by atoms with Crippen molar-refractivity contribution in [2.24, 2.45) is 0 Å². The maximum atomic E-state index is 12.3. The highest BCUT2D eigenvalue weighted by Gasteiger charge is 2.14. The van der Waals surface area contributed by atoms with E-state index in [1.54, 1.807) is 24.3 Å². The lowest BCUT2D eigenvalue weighted by atomic mass is 10.2. The molecule has 0 fully saturated rings. The van der Waals surface area contributed by atoms with Gasteiger partial charge in [0.05, 0.1) is 5.56 Å². The van der Waals surface area contributed by atoms with Gasteiger partial charge in [0, 0.05) is 42.8 Å². The molecule has 0 bridgehead atoms. The predicted octanol–water partition coefficient (Wildman–Crippen LogP) is 3.50. The van der Waals surface area contributed by atoms with Crippen LogP contribution >= 0.6 is 27.7 Å². The van der Waals surface area contributed by atoms with Crippen LogP contribution in [0.2, 0.25) is 0 Å². The Kier molecular flexibility index (Phi) is 9.21. The van der Waals surface area contributed by atoms with Gasteiger partial charge in [0.1, 0.15) is 6.54 Å². The molecule has 2 aromatic rings. The third-order valence-electron chi connectivity index (χ3n) is 3.79. The topological polar surface area (TPSA) is 67.1 Å². The molecule has 0 atom stereocenters. The zero-order valence-electron chi connectivity index (χ0n) is 14.9. The molecule has 1 aromatic heterocycles. The summed E-state index contributed by atoms with van der Waals surface area (Å²) in [5.41, 5.74) is 0.456. The fourth-order valence-electron chi connectivity index (χ4n) is 2.43. The summed E-state index contributed by atoms with van der Waals surface area (Å²) in [5, 5.41) is 2.74. The van der Waals surface area contributed by atoms with Gasteiger partial charge in [-0.2, -0.15) is 0 Å². The largest absolute Gasteiger partial charge is 0.352 e. The number of hydrogen-bond donors (Lipinski definition) is 1. The van der Waals surface area contributed by atoms with Crippen molar-refractivity contribution in [3.05, 3.63) is 60.4 Å². The molecule has 0 unspecified atom stereocenters. The van der Waals surface area contributed by atoms with Crippen molar-refractivity contribution < 1.29 is 19.0 Å². The lowest BCUT2D eigenvalue weighted by Gasteiger charge is -2.08. The quantitative estimate of drug-likeness (QED) is 0.261. The normalized spacial score (nSPS) is 10.4. The zero-order valence-corrected chi connectivity index (χ0v) is 17.3. The maximum Gasteiger partial charge on any atom is 0.252 e. The second-order valence-electron chi connectivity index (χ2n) is 5.90. The minimum absolute atomic E-state index is 0.0453. The molecular weight excluding hydrogens is 428 g/mol. The van der Waals surface area contributed by atoms with Crippen LogP contribution in [0.15, 0.2) is 59.8 Å². The smallest absolute Gasteiger partial charge is 0.252 e. The minimum atomic E-state index is -0.278. The number of carbonyl (C=O) groups is 3. The van der Waals surface area contributed by atoms with E-state index in [0.717, 1.165) is 31.1 Å². The number of thioether (sulfide) groups is 1. The Balaban J connectivity index is 1.81. The van der Waals surface area contributed by atoms with Crippen molar-refractivity contribution in [1.29, 1.82) is 0 Å². The predicted molar refractivity (Wildman–Crippen MR) is 109 cm³/mol. The maximum absolute atomic E-state index is 12.3. The zero-order chi connectivity index (χ0) is 19.5. The first-order valence-corrected chi connectivity index (χ1v) is 10.4. The number of hydrogen-bond acceptors (Lipinski definition) is 4. The Morgan fingerprint density at radius 3 is 2.44 bits per heavy atom. The molecule has 7 heteroatoms. The molecular formula is C20H22BrN2O3S+. The van der Waals surface area contributed by atoms with Gasteiger partial charge in [0.25, 0.3) is 5.91 Å². The van der Waals surface area contributed by atoms with Crippen LogP contribution in [0.4, 0.5) is 0 Å². The van der Waals surface area contributed by atoms with Crippen LogP contribution in [0.25, 0.3) is 0 Å². The average molecular weight is 450 g/mol. The molecule has 0 aliphatic heterocycles. The van der Waals surface area contributed by atoms with Crippen LogP contribution in [0.3, 0.4) is 0 Å². The van der Waals surface area contributed by atoms with Crippen molar-refractivity contribution in [1.82, 2.24) is 5.32 Å². The summed E-state index contributed by atoms with van der Waals surface area (Å²) in [6, 6.07) is 13.0. The van der Waals surface area contributed by atoms with Crippen molar-refractivity contribution in [3.8, 4) is 0 Å². The van der Waals surface area contributed by atoms with Crippen LogP contribution in [-0.4, -0.2) is 22.3 Å². The number of benzene rings is 1. The van der Waals surface area contributed by atoms with Crippen LogP contribution in [-0.2, 0) is 16.1 Å². The van der Waals surface area contributed by atoms with Gasteiger partial charge in [0.15, 0.2) is 22.2 Å². The number of rotatable bonds is 10. The van der Waals surface area contributed by atoms with Gasteiger partial charge in [-0.25, -0.2) is 4.57 Å². The molecule has 0 aliphatic rings. The highest BCUT2D eigenvalue weighted by Crippen LogP contribution is 2.25. The van der Waals surface area contributed by atoms with E-state index in [1.807, 2.05) is 30.6 Å². The number of unbranched alkanes of at least 4 members (excludes halogenated alkanes) is 1. The minimum Gasteiger partial charge on any atom is -0.352 e. The number of nitrogens with zero attached hydrogens (tertiary/aromatic N) is 1. The molecule has 0 spiro atoms. The van der Waals surface area contributed by atoms with Gasteiger partial charge < -0.3 is 5.32 Å². The van der Waals surface area contributed by atoms with Crippen molar-refractivity contribution in [2.75, 3.05) is 6.54 Å². The van der Waals surface area contributed by atoms with E-state index < -0.39 is 0 Å². The molecule has 1 N–H and O–H groups in total. The molecule has 5 nitrogen and oxygen atoms in total. The summed E-state index contributed by atoms with van der Waals surface area (Å²) in [6.45, 7) is 1.14. The molecule has 0 aliphatic carbocycles. The van der Waals surface area contributed by atoms with E-state index in [4.69, 9.17) is 0 Å². The average Bonchev–Trinajstić information content (AvgIpc) is 2.66. The number of pyridine rings is 1. The van der Waals surface area contributed by atoms with E-state index in [-0.39, 0.29) is 28.7 Å². The highest BCUT2D eigenvalue weighted by atomic mass is 79.9. The Bertz CT molecular complexity index is 784. The Labute approximate surface area is 171 Å². The summed E-state index contributed by atoms with van der Waals surface area (Å²) in [7, 11) is 0. The SMILES string of the molecule is O=C(Br)CCNC(=O)c1ccccc1SC(=O)CCCC[n+]1ccccc1. The summed E-state index contributed by atoms with van der Waals surface area (Å²) < 4.78 is 1.93. The van der Waals surface area contributed by atoms with E-state index in [9.17, 15) is 14.4 Å². The Morgan fingerprint density at radius 1 is 0.963 bits per heavy atom. The number of halogens is 1. The molecule has 27 heavy (non-hydrogen) atoms. The summed E-state index contributed by atoms with van der Waals surface area (Å²) in [4.78, 5) is 36.1. The van der Waals surface area contributed by atoms with E-state index in [0.29, 0.717) is 16.9 Å². The first kappa shape index (κ1) is 21.3. The van der Waals surface area contributed by atoms with Crippen LogP contribution < -0.4 is 9.88 Å². The van der Waals surface area contributed by atoms with Crippen molar-refractivity contribution in [2.45, 2.75) is 37.1 Å². The van der Waals surface area contributed by atoms with Crippen LogP contribution in [0, 0.1) is 0 Å². The second kappa shape index (κ2) is 11.7. The molecule has 1 amide bonds. The molecule has 142 valence electrons. The molecule has 1 heterocycles. The number of carbonyl (C=O) groups excluding carboxylic acids is 3. The van der Waals surface area contributed by atoms with Gasteiger partial charge in [-0.05, 0) is 34.5 Å². The summed E-state index contributed by atoms with van der Waals surface area (Å²) in [6.07, 6.45) is 6.42. The lowest BCUT2D eigenvalue weighted by molar-refractivity contribution is -0.697. The van der Waals surface area contributed by atoms with Crippen molar-refractivity contribution >= 4 is 43.4 Å². The first-order valence-electron chi connectivity index (χ1n) is 8.76. The van der Waals surface area contributed by atoms with Gasteiger partial charge in [-0.15, -0.1) is 0 Å². The first-order chi connectivity index (χ1) is 13.1. The molecule has 1 aromatic carbocycles. The standard InChI is InChI=1S/C20H21BrN2O3S/c21-18(24)11-12-22-20(26)16-8-2-3-9-17(16)27-19(25)10-4-7-15-23-13-5-1-6-14-23/h1-3,5-6,8-9,13-14H,4,7,10-12,15H2/p+1. The fraction of sp³-hybridized carbons (Fsp3) is 0.300. The summed E-state index contributed by atoms with van der Waals surface area (Å²) >= 11 is 3.93. The summed E-state index contributed by atoms with van der Waals surface area (Å²) in [5.74, 6) is -0.278. The molecule has 0 radical (unpaired) electrons. The number of aromatic nitrogens is 1. The van der Waals surface area contributed by atoms with E-state index in [2.05, 4.69) is 25.8 Å². The Morgan fingerprint density at radius 2 is 1.70 bits per heavy atom. The monoisotopic (exact) mass is 449 g/mol. The van der Waals surface area contributed by atoms with Gasteiger partial charge in [-0.3, -0.25) is 14.4 Å². The Hall–Kier alpha value is -1.99. The number of nitrogens with one attached hydrogen (secondary N) is 1. The van der Waals surface area contributed by atoms with Crippen LogP contribution in [0.1, 0.15) is 36.0 Å². The van der Waals surface area contributed by atoms with Crippen molar-refractivity contribution in [3.63, 3.8) is 0 Å².